The van der Waals surface area contributed by atoms with Crippen LogP contribution in [0.25, 0.3) is 20.9 Å². The molecule has 0 saturated heterocycles. The van der Waals surface area contributed by atoms with Crippen LogP contribution in [-0.4, -0.2) is 9.97 Å². The van der Waals surface area contributed by atoms with E-state index in [1.54, 1.807) is 12.4 Å². The average molecular weight is 358 g/mol. The summed E-state index contributed by atoms with van der Waals surface area (Å²) in [6, 6.07) is 0. The van der Waals surface area contributed by atoms with Crippen molar-refractivity contribution in [1.82, 2.24) is 9.97 Å². The first-order valence-electron chi connectivity index (χ1n) is 4.88. The third kappa shape index (κ3) is 1.62. The molecular formula is C11H7IN2O2S. The fraction of sp³-hybridized carbons (Fsp3) is 0.0909. The number of hydrogen-bond acceptors (Lipinski definition) is 4. The van der Waals surface area contributed by atoms with Gasteiger partial charge in [0.15, 0.2) is 0 Å². The minimum Gasteiger partial charge on any atom is -0.444 e. The summed E-state index contributed by atoms with van der Waals surface area (Å²) < 4.78 is 7.31. The molecule has 3 aromatic heterocycles. The Morgan fingerprint density at radius 2 is 2.35 bits per heavy atom. The molecule has 3 rings (SSSR count). The SMILES string of the molecule is Cc1c(-c2ncco2)sc2c(I)c[nH]c(=O)c12. The molecule has 17 heavy (non-hydrogen) atoms. The second kappa shape index (κ2) is 3.95. The summed E-state index contributed by atoms with van der Waals surface area (Å²) in [5.41, 5.74) is 0.860. The largest absolute Gasteiger partial charge is 0.444 e. The van der Waals surface area contributed by atoms with Crippen molar-refractivity contribution in [3.05, 3.63) is 38.1 Å². The molecule has 0 bridgehead atoms. The van der Waals surface area contributed by atoms with Crippen molar-refractivity contribution < 1.29 is 4.42 Å². The zero-order valence-electron chi connectivity index (χ0n) is 8.78. The van der Waals surface area contributed by atoms with Gasteiger partial charge in [-0.3, -0.25) is 4.79 Å². The van der Waals surface area contributed by atoms with Gasteiger partial charge in [0.2, 0.25) is 5.89 Å². The van der Waals surface area contributed by atoms with Crippen molar-refractivity contribution in [1.29, 1.82) is 0 Å². The summed E-state index contributed by atoms with van der Waals surface area (Å²) in [5.74, 6) is 0.568. The Balaban J connectivity index is 2.44. The Kier molecular flexibility index (Phi) is 2.55. The lowest BCUT2D eigenvalue weighted by atomic mass is 10.2. The number of pyridine rings is 1. The minimum atomic E-state index is -0.0630. The number of hydrogen-bond donors (Lipinski definition) is 1. The van der Waals surface area contributed by atoms with Gasteiger partial charge < -0.3 is 9.40 Å². The van der Waals surface area contributed by atoms with E-state index in [0.29, 0.717) is 5.89 Å². The van der Waals surface area contributed by atoms with Gasteiger partial charge in [0, 0.05) is 9.77 Å². The highest BCUT2D eigenvalue weighted by molar-refractivity contribution is 14.1. The summed E-state index contributed by atoms with van der Waals surface area (Å²) in [4.78, 5) is 19.6. The topological polar surface area (TPSA) is 58.9 Å². The number of rotatable bonds is 1. The molecule has 0 atom stereocenters. The maximum Gasteiger partial charge on any atom is 0.257 e. The molecule has 0 fully saturated rings. The highest BCUT2D eigenvalue weighted by atomic mass is 127. The summed E-state index contributed by atoms with van der Waals surface area (Å²) in [6.45, 7) is 1.92. The van der Waals surface area contributed by atoms with E-state index in [1.165, 1.54) is 17.6 Å². The molecule has 3 heterocycles. The molecule has 0 spiro atoms. The van der Waals surface area contributed by atoms with Gasteiger partial charge in [-0.15, -0.1) is 11.3 Å². The van der Waals surface area contributed by atoms with Crippen molar-refractivity contribution in [2.45, 2.75) is 6.92 Å². The van der Waals surface area contributed by atoms with Crippen LogP contribution in [0.1, 0.15) is 5.56 Å². The smallest absolute Gasteiger partial charge is 0.257 e. The monoisotopic (exact) mass is 358 g/mol. The van der Waals surface area contributed by atoms with Crippen molar-refractivity contribution in [3.63, 3.8) is 0 Å². The quantitative estimate of drug-likeness (QED) is 0.680. The van der Waals surface area contributed by atoms with Gasteiger partial charge in [0.1, 0.15) is 6.26 Å². The lowest BCUT2D eigenvalue weighted by Crippen LogP contribution is -2.05. The normalized spacial score (nSPS) is 11.2. The van der Waals surface area contributed by atoms with Crippen LogP contribution in [0.5, 0.6) is 0 Å². The standard InChI is InChI=1S/C11H7IN2O2S/c1-5-7-9(6(12)4-14-10(7)15)17-8(5)11-13-2-3-16-11/h2-4H,1H3,(H,14,15). The number of H-pyrrole nitrogens is 1. The van der Waals surface area contributed by atoms with Crippen LogP contribution in [0.4, 0.5) is 0 Å². The molecular weight excluding hydrogens is 351 g/mol. The summed E-state index contributed by atoms with van der Waals surface area (Å²) in [5, 5.41) is 0.732. The summed E-state index contributed by atoms with van der Waals surface area (Å²) >= 11 is 3.75. The fourth-order valence-electron chi connectivity index (χ4n) is 1.76. The number of thiophene rings is 1. The second-order valence-corrected chi connectivity index (χ2v) is 5.75. The highest BCUT2D eigenvalue weighted by Crippen LogP contribution is 2.37. The molecule has 0 radical (unpaired) electrons. The van der Waals surface area contributed by atoms with Gasteiger partial charge in [-0.25, -0.2) is 4.98 Å². The van der Waals surface area contributed by atoms with E-state index in [9.17, 15) is 4.79 Å². The molecule has 86 valence electrons. The first-order chi connectivity index (χ1) is 8.18. The lowest BCUT2D eigenvalue weighted by molar-refractivity contribution is 0.576. The Labute approximate surface area is 114 Å². The number of aryl methyl sites for hydroxylation is 1. The second-order valence-electron chi connectivity index (χ2n) is 3.56. The van der Waals surface area contributed by atoms with Crippen molar-refractivity contribution in [3.8, 4) is 10.8 Å². The molecule has 3 aromatic rings. The Morgan fingerprint density at radius 3 is 3.00 bits per heavy atom. The van der Waals surface area contributed by atoms with Crippen LogP contribution in [0.15, 0.2) is 27.9 Å². The average Bonchev–Trinajstić information content (AvgIpc) is 2.91. The molecule has 0 aliphatic heterocycles. The van der Waals surface area contributed by atoms with Gasteiger partial charge in [-0.05, 0) is 35.1 Å². The van der Waals surface area contributed by atoms with Crippen LogP contribution in [0, 0.1) is 10.5 Å². The van der Waals surface area contributed by atoms with Gasteiger partial charge >= 0.3 is 0 Å². The molecule has 0 aliphatic rings. The van der Waals surface area contributed by atoms with Gasteiger partial charge in [-0.1, -0.05) is 0 Å². The number of oxazole rings is 1. The minimum absolute atomic E-state index is 0.0630. The van der Waals surface area contributed by atoms with Crippen LogP contribution in [0.2, 0.25) is 0 Å². The fourth-order valence-corrected chi connectivity index (χ4v) is 3.67. The van der Waals surface area contributed by atoms with E-state index in [1.807, 2.05) is 6.92 Å². The third-order valence-electron chi connectivity index (χ3n) is 2.55. The van der Waals surface area contributed by atoms with Crippen LogP contribution in [-0.2, 0) is 0 Å². The van der Waals surface area contributed by atoms with Crippen LogP contribution in [0.3, 0.4) is 0 Å². The first-order valence-corrected chi connectivity index (χ1v) is 6.78. The zero-order valence-corrected chi connectivity index (χ0v) is 11.8. The predicted octanol–water partition coefficient (Wildman–Crippen LogP) is 3.16. The van der Waals surface area contributed by atoms with E-state index in [0.717, 1.165) is 24.1 Å². The molecule has 6 heteroatoms. The van der Waals surface area contributed by atoms with Gasteiger partial charge in [0.05, 0.1) is 21.2 Å². The number of nitrogens with one attached hydrogen (secondary N) is 1. The molecule has 0 aromatic carbocycles. The van der Waals surface area contributed by atoms with Gasteiger partial charge in [-0.2, -0.15) is 0 Å². The van der Waals surface area contributed by atoms with E-state index < -0.39 is 0 Å². The van der Waals surface area contributed by atoms with Crippen molar-refractivity contribution in [2.24, 2.45) is 0 Å². The van der Waals surface area contributed by atoms with Gasteiger partial charge in [0.25, 0.3) is 5.56 Å². The summed E-state index contributed by atoms with van der Waals surface area (Å²) in [6.07, 6.45) is 4.86. The first kappa shape index (κ1) is 11.0. The zero-order chi connectivity index (χ0) is 12.0. The van der Waals surface area contributed by atoms with Crippen LogP contribution >= 0.6 is 33.9 Å². The van der Waals surface area contributed by atoms with Crippen molar-refractivity contribution >= 4 is 44.0 Å². The van der Waals surface area contributed by atoms with Crippen molar-refractivity contribution in [2.75, 3.05) is 0 Å². The molecule has 0 aliphatic carbocycles. The Morgan fingerprint density at radius 1 is 1.53 bits per heavy atom. The number of fused-ring (bicyclic) bond motifs is 1. The number of aromatic amines is 1. The molecule has 0 saturated carbocycles. The van der Waals surface area contributed by atoms with E-state index in [2.05, 4.69) is 32.6 Å². The number of aromatic nitrogens is 2. The molecule has 4 nitrogen and oxygen atoms in total. The Hall–Kier alpha value is -1.15. The summed E-state index contributed by atoms with van der Waals surface area (Å²) in [7, 11) is 0. The number of halogens is 1. The highest BCUT2D eigenvalue weighted by Gasteiger charge is 2.17. The maximum absolute atomic E-state index is 11.8. The van der Waals surface area contributed by atoms with Crippen LogP contribution < -0.4 is 5.56 Å². The molecule has 1 N–H and O–H groups in total. The Bertz CT molecular complexity index is 743. The van der Waals surface area contributed by atoms with E-state index in [4.69, 9.17) is 4.42 Å². The maximum atomic E-state index is 11.8. The number of nitrogens with zero attached hydrogens (tertiary/aromatic N) is 1. The van der Waals surface area contributed by atoms with E-state index >= 15 is 0 Å². The predicted molar refractivity (Wildman–Crippen MR) is 75.4 cm³/mol. The third-order valence-corrected chi connectivity index (χ3v) is 5.08. The molecule has 0 amide bonds. The lowest BCUT2D eigenvalue weighted by Gasteiger charge is -1.93. The molecule has 0 unspecified atom stereocenters. The van der Waals surface area contributed by atoms with E-state index in [-0.39, 0.29) is 5.56 Å².